The van der Waals surface area contributed by atoms with Gasteiger partial charge in [0.05, 0.1) is 0 Å². The van der Waals surface area contributed by atoms with Crippen LogP contribution in [0.1, 0.15) is 6.92 Å². The molecule has 0 spiro atoms. The minimum absolute atomic E-state index is 0.421. The molecule has 0 saturated heterocycles. The van der Waals surface area contributed by atoms with Crippen molar-refractivity contribution < 1.29 is 17.6 Å². The Hall–Kier alpha value is -1.23. The standard InChI is InChI=1S/C9H9FO3S/c1-7(11)6-14(12,13)9-5-3-2-4-8(9)10/h2-5H,6H2,1H3. The maximum absolute atomic E-state index is 13.0. The maximum atomic E-state index is 13.0. The molecule has 1 aromatic carbocycles. The van der Waals surface area contributed by atoms with Crippen LogP contribution in [0, 0.1) is 5.82 Å². The van der Waals surface area contributed by atoms with Gasteiger partial charge < -0.3 is 0 Å². The van der Waals surface area contributed by atoms with E-state index < -0.39 is 32.1 Å². The number of Topliss-reactive ketones (excluding diaryl/α,β-unsaturated/α-hetero) is 1. The van der Waals surface area contributed by atoms with Crippen molar-refractivity contribution in [1.82, 2.24) is 0 Å². The number of benzene rings is 1. The molecule has 0 bridgehead atoms. The van der Waals surface area contributed by atoms with Gasteiger partial charge in [0.25, 0.3) is 0 Å². The number of ketones is 1. The number of halogens is 1. The molecule has 0 saturated carbocycles. The Labute approximate surface area is 81.5 Å². The largest absolute Gasteiger partial charge is 0.299 e. The summed E-state index contributed by atoms with van der Waals surface area (Å²) in [6.07, 6.45) is 0. The molecule has 1 aromatic rings. The van der Waals surface area contributed by atoms with Crippen molar-refractivity contribution in [1.29, 1.82) is 0 Å². The molecule has 3 nitrogen and oxygen atoms in total. The van der Waals surface area contributed by atoms with Gasteiger partial charge in [-0.15, -0.1) is 0 Å². The molecule has 0 N–H and O–H groups in total. The van der Waals surface area contributed by atoms with Crippen LogP contribution in [0.2, 0.25) is 0 Å². The molecule has 0 aliphatic carbocycles. The van der Waals surface area contributed by atoms with Gasteiger partial charge in [0.2, 0.25) is 0 Å². The Balaban J connectivity index is 3.17. The van der Waals surface area contributed by atoms with Crippen molar-refractivity contribution in [2.75, 3.05) is 5.75 Å². The lowest BCUT2D eigenvalue weighted by molar-refractivity contribution is -0.114. The molecule has 5 heteroatoms. The van der Waals surface area contributed by atoms with E-state index in [0.29, 0.717) is 0 Å². The zero-order valence-corrected chi connectivity index (χ0v) is 8.34. The number of sulfone groups is 1. The van der Waals surface area contributed by atoms with Crippen molar-refractivity contribution in [3.63, 3.8) is 0 Å². The normalized spacial score (nSPS) is 11.3. The first-order chi connectivity index (χ1) is 6.43. The van der Waals surface area contributed by atoms with Crippen LogP contribution in [0.4, 0.5) is 4.39 Å². The third-order valence-corrected chi connectivity index (χ3v) is 3.35. The number of carbonyl (C=O) groups is 1. The lowest BCUT2D eigenvalue weighted by Crippen LogP contribution is -2.14. The lowest BCUT2D eigenvalue weighted by atomic mass is 10.3. The van der Waals surface area contributed by atoms with Gasteiger partial charge in [-0.1, -0.05) is 12.1 Å². The fraction of sp³-hybridized carbons (Fsp3) is 0.222. The Morgan fingerprint density at radius 3 is 2.43 bits per heavy atom. The quantitative estimate of drug-likeness (QED) is 0.762. The van der Waals surface area contributed by atoms with Gasteiger partial charge in [0, 0.05) is 0 Å². The minimum Gasteiger partial charge on any atom is -0.299 e. The van der Waals surface area contributed by atoms with Crippen LogP contribution in [0.25, 0.3) is 0 Å². The summed E-state index contributed by atoms with van der Waals surface area (Å²) in [4.78, 5) is 10.2. The van der Waals surface area contributed by atoms with Crippen molar-refractivity contribution in [3.05, 3.63) is 30.1 Å². The summed E-state index contributed by atoms with van der Waals surface area (Å²) in [7, 11) is -3.81. The Kier molecular flexibility index (Phi) is 3.00. The average Bonchev–Trinajstić information content (AvgIpc) is 2.02. The van der Waals surface area contributed by atoms with Crippen molar-refractivity contribution in [2.24, 2.45) is 0 Å². The van der Waals surface area contributed by atoms with Gasteiger partial charge >= 0.3 is 0 Å². The van der Waals surface area contributed by atoms with Gasteiger partial charge in [0.1, 0.15) is 22.2 Å². The van der Waals surface area contributed by atoms with E-state index >= 15 is 0 Å². The smallest absolute Gasteiger partial charge is 0.188 e. The summed E-state index contributed by atoms with van der Waals surface area (Å²) in [5.41, 5.74) is 0. The zero-order chi connectivity index (χ0) is 10.8. The third kappa shape index (κ3) is 2.38. The Morgan fingerprint density at radius 2 is 1.93 bits per heavy atom. The van der Waals surface area contributed by atoms with Crippen LogP contribution < -0.4 is 0 Å². The summed E-state index contributed by atoms with van der Waals surface area (Å²) < 4.78 is 35.9. The van der Waals surface area contributed by atoms with Crippen LogP contribution in [-0.2, 0) is 14.6 Å². The fourth-order valence-corrected chi connectivity index (χ4v) is 2.38. The average molecular weight is 216 g/mol. The third-order valence-electron chi connectivity index (χ3n) is 1.56. The molecule has 0 radical (unpaired) electrons. The van der Waals surface area contributed by atoms with Gasteiger partial charge in [-0.3, -0.25) is 4.79 Å². The van der Waals surface area contributed by atoms with E-state index in [1.165, 1.54) is 12.1 Å². The first kappa shape index (κ1) is 10.8. The van der Waals surface area contributed by atoms with Gasteiger partial charge in [-0.2, -0.15) is 0 Å². The summed E-state index contributed by atoms with van der Waals surface area (Å²) in [6, 6.07) is 5.00. The van der Waals surface area contributed by atoms with Crippen LogP contribution in [0.5, 0.6) is 0 Å². The predicted molar refractivity (Wildman–Crippen MR) is 49.1 cm³/mol. The van der Waals surface area contributed by atoms with E-state index in [2.05, 4.69) is 0 Å². The molecule has 14 heavy (non-hydrogen) atoms. The number of rotatable bonds is 3. The monoisotopic (exact) mass is 216 g/mol. The highest BCUT2D eigenvalue weighted by Gasteiger charge is 2.20. The molecule has 0 amide bonds. The lowest BCUT2D eigenvalue weighted by Gasteiger charge is -2.02. The minimum atomic E-state index is -3.81. The molecule has 0 aliphatic heterocycles. The Bertz CT molecular complexity index is 451. The number of hydrogen-bond acceptors (Lipinski definition) is 3. The molecule has 0 atom stereocenters. The highest BCUT2D eigenvalue weighted by molar-refractivity contribution is 7.92. The second kappa shape index (κ2) is 3.88. The van der Waals surface area contributed by atoms with Crippen molar-refractivity contribution in [3.8, 4) is 0 Å². The van der Waals surface area contributed by atoms with Gasteiger partial charge in [-0.05, 0) is 19.1 Å². The second-order valence-corrected chi connectivity index (χ2v) is 4.85. The molecular formula is C9H9FO3S. The highest BCUT2D eigenvalue weighted by atomic mass is 32.2. The summed E-state index contributed by atoms with van der Waals surface area (Å²) in [5, 5.41) is 0. The summed E-state index contributed by atoms with van der Waals surface area (Å²) in [5.74, 6) is -1.99. The molecule has 0 aliphatic rings. The number of hydrogen-bond donors (Lipinski definition) is 0. The Morgan fingerprint density at radius 1 is 1.36 bits per heavy atom. The molecule has 0 heterocycles. The predicted octanol–water partition coefficient (Wildman–Crippen LogP) is 1.19. The van der Waals surface area contributed by atoms with E-state index in [1.807, 2.05) is 0 Å². The van der Waals surface area contributed by atoms with Crippen molar-refractivity contribution >= 4 is 15.6 Å². The first-order valence-corrected chi connectivity index (χ1v) is 5.55. The van der Waals surface area contributed by atoms with Gasteiger partial charge in [-0.25, -0.2) is 12.8 Å². The topological polar surface area (TPSA) is 51.2 Å². The van der Waals surface area contributed by atoms with Gasteiger partial charge in [0.15, 0.2) is 9.84 Å². The SMILES string of the molecule is CC(=O)CS(=O)(=O)c1ccccc1F. The molecule has 76 valence electrons. The van der Waals surface area contributed by atoms with Crippen LogP contribution in [-0.4, -0.2) is 20.0 Å². The van der Waals surface area contributed by atoms with Crippen LogP contribution in [0.15, 0.2) is 29.2 Å². The van der Waals surface area contributed by atoms with E-state index in [9.17, 15) is 17.6 Å². The molecule has 0 unspecified atom stereocenters. The first-order valence-electron chi connectivity index (χ1n) is 3.90. The summed E-state index contributed by atoms with van der Waals surface area (Å²) >= 11 is 0. The highest BCUT2D eigenvalue weighted by Crippen LogP contribution is 2.14. The van der Waals surface area contributed by atoms with Crippen LogP contribution >= 0.6 is 0 Å². The zero-order valence-electron chi connectivity index (χ0n) is 7.53. The van der Waals surface area contributed by atoms with Crippen molar-refractivity contribution in [2.45, 2.75) is 11.8 Å². The second-order valence-electron chi connectivity index (χ2n) is 2.89. The molecule has 1 rings (SSSR count). The molecule has 0 aromatic heterocycles. The van der Waals surface area contributed by atoms with E-state index in [-0.39, 0.29) is 0 Å². The van der Waals surface area contributed by atoms with Crippen LogP contribution in [0.3, 0.4) is 0 Å². The van der Waals surface area contributed by atoms with E-state index in [0.717, 1.165) is 19.1 Å². The maximum Gasteiger partial charge on any atom is 0.188 e. The van der Waals surface area contributed by atoms with E-state index in [1.54, 1.807) is 0 Å². The number of carbonyl (C=O) groups excluding carboxylic acids is 1. The summed E-state index contributed by atoms with van der Waals surface area (Å²) in [6.45, 7) is 1.15. The van der Waals surface area contributed by atoms with E-state index in [4.69, 9.17) is 0 Å². The fourth-order valence-electron chi connectivity index (χ4n) is 1.04. The molecule has 0 fully saturated rings. The molecular weight excluding hydrogens is 207 g/mol.